The van der Waals surface area contributed by atoms with E-state index in [9.17, 15) is 12.8 Å². The van der Waals surface area contributed by atoms with Crippen LogP contribution in [0.25, 0.3) is 0 Å². The number of hydrogen-bond acceptors (Lipinski definition) is 4. The molecule has 0 aromatic heterocycles. The fourth-order valence-electron chi connectivity index (χ4n) is 3.67. The van der Waals surface area contributed by atoms with Gasteiger partial charge in [0.15, 0.2) is 0 Å². The molecular formula is C19H30FN3O3S. The number of hydrogen-bond donors (Lipinski definition) is 1. The molecular weight excluding hydrogens is 369 g/mol. The van der Waals surface area contributed by atoms with E-state index >= 15 is 0 Å². The molecule has 0 aliphatic carbocycles. The van der Waals surface area contributed by atoms with Crippen LogP contribution in [-0.4, -0.2) is 63.0 Å². The van der Waals surface area contributed by atoms with Crippen LogP contribution < -0.4 is 9.46 Å². The Labute approximate surface area is 161 Å². The Morgan fingerprint density at radius 1 is 1.00 bits per heavy atom. The molecule has 0 bridgehead atoms. The van der Waals surface area contributed by atoms with Crippen LogP contribution in [0.1, 0.15) is 38.5 Å². The van der Waals surface area contributed by atoms with E-state index in [0.29, 0.717) is 25.4 Å². The van der Waals surface area contributed by atoms with Crippen LogP contribution in [0, 0.1) is 5.82 Å². The molecule has 152 valence electrons. The van der Waals surface area contributed by atoms with E-state index in [1.54, 1.807) is 16.4 Å². The van der Waals surface area contributed by atoms with Crippen molar-refractivity contribution in [1.29, 1.82) is 0 Å². The molecule has 1 aromatic rings. The number of nitrogens with zero attached hydrogens (tertiary/aromatic N) is 2. The summed E-state index contributed by atoms with van der Waals surface area (Å²) in [4.78, 5) is 2.28. The van der Waals surface area contributed by atoms with Crippen molar-refractivity contribution in [3.8, 4) is 5.75 Å². The quantitative estimate of drug-likeness (QED) is 0.765. The van der Waals surface area contributed by atoms with Crippen LogP contribution in [0.5, 0.6) is 5.75 Å². The highest BCUT2D eigenvalue weighted by Crippen LogP contribution is 2.16. The molecule has 3 rings (SSSR count). The van der Waals surface area contributed by atoms with Gasteiger partial charge in [0.1, 0.15) is 18.2 Å². The second-order valence-electron chi connectivity index (χ2n) is 7.35. The minimum Gasteiger partial charge on any atom is -0.492 e. The predicted molar refractivity (Wildman–Crippen MR) is 103 cm³/mol. The summed E-state index contributed by atoms with van der Waals surface area (Å²) in [5.41, 5.74) is 0. The van der Waals surface area contributed by atoms with E-state index in [-0.39, 0.29) is 11.9 Å². The molecule has 2 fully saturated rings. The lowest BCUT2D eigenvalue weighted by atomic mass is 10.1. The number of benzene rings is 1. The maximum Gasteiger partial charge on any atom is 0.279 e. The van der Waals surface area contributed by atoms with E-state index in [1.807, 2.05) is 0 Å². The van der Waals surface area contributed by atoms with Crippen LogP contribution >= 0.6 is 0 Å². The molecule has 0 spiro atoms. The first-order chi connectivity index (χ1) is 13.0. The Kier molecular flexibility index (Phi) is 7.46. The molecule has 0 unspecified atom stereocenters. The first kappa shape index (κ1) is 20.5. The summed E-state index contributed by atoms with van der Waals surface area (Å²) in [5, 5.41) is 0. The van der Waals surface area contributed by atoms with E-state index in [1.165, 1.54) is 12.1 Å². The van der Waals surface area contributed by atoms with Crippen molar-refractivity contribution in [2.45, 2.75) is 44.6 Å². The van der Waals surface area contributed by atoms with Gasteiger partial charge in [-0.15, -0.1) is 0 Å². The largest absolute Gasteiger partial charge is 0.492 e. The Morgan fingerprint density at radius 2 is 1.63 bits per heavy atom. The fraction of sp³-hybridized carbons (Fsp3) is 0.684. The van der Waals surface area contributed by atoms with Crippen LogP contribution in [0.3, 0.4) is 0 Å². The summed E-state index contributed by atoms with van der Waals surface area (Å²) in [5.74, 6) is 0.392. The van der Waals surface area contributed by atoms with Crippen molar-refractivity contribution >= 4 is 10.2 Å². The third-order valence-corrected chi connectivity index (χ3v) is 6.97. The van der Waals surface area contributed by atoms with Gasteiger partial charge in [0.2, 0.25) is 0 Å². The SMILES string of the molecule is O=S(=O)(NC1CCN(CCOc2ccc(F)cc2)CC1)N1CCCCCC1. The average Bonchev–Trinajstić information content (AvgIpc) is 2.95. The van der Waals surface area contributed by atoms with Crippen molar-refractivity contribution in [2.24, 2.45) is 0 Å². The predicted octanol–water partition coefficient (Wildman–Crippen LogP) is 2.38. The normalized spacial score (nSPS) is 21.1. The Bertz CT molecular complexity index is 668. The molecule has 0 radical (unpaired) electrons. The monoisotopic (exact) mass is 399 g/mol. The topological polar surface area (TPSA) is 61.9 Å². The first-order valence-electron chi connectivity index (χ1n) is 9.91. The molecule has 1 N–H and O–H groups in total. The highest BCUT2D eigenvalue weighted by Gasteiger charge is 2.28. The summed E-state index contributed by atoms with van der Waals surface area (Å²) in [6.45, 7) is 4.28. The maximum atomic E-state index is 12.9. The van der Waals surface area contributed by atoms with Gasteiger partial charge in [0.05, 0.1) is 0 Å². The molecule has 2 aliphatic heterocycles. The molecule has 0 amide bonds. The van der Waals surface area contributed by atoms with Gasteiger partial charge in [0, 0.05) is 25.7 Å². The Balaban J connectivity index is 1.37. The number of nitrogens with one attached hydrogen (secondary N) is 1. The van der Waals surface area contributed by atoms with Crippen LogP contribution in [0.2, 0.25) is 0 Å². The van der Waals surface area contributed by atoms with Crippen LogP contribution in [-0.2, 0) is 10.2 Å². The molecule has 6 nitrogen and oxygen atoms in total. The lowest BCUT2D eigenvalue weighted by Crippen LogP contribution is -2.50. The van der Waals surface area contributed by atoms with Crippen LogP contribution in [0.4, 0.5) is 4.39 Å². The number of halogens is 1. The van der Waals surface area contributed by atoms with Crippen molar-refractivity contribution in [1.82, 2.24) is 13.9 Å². The molecule has 0 saturated carbocycles. The second kappa shape index (κ2) is 9.82. The van der Waals surface area contributed by atoms with Gasteiger partial charge in [-0.3, -0.25) is 4.90 Å². The summed E-state index contributed by atoms with van der Waals surface area (Å²) < 4.78 is 48.2. The molecule has 8 heteroatoms. The summed E-state index contributed by atoms with van der Waals surface area (Å²) in [6, 6.07) is 6.03. The van der Waals surface area contributed by atoms with Crippen molar-refractivity contribution in [3.63, 3.8) is 0 Å². The fourth-order valence-corrected chi connectivity index (χ4v) is 5.21. The van der Waals surface area contributed by atoms with Gasteiger partial charge >= 0.3 is 0 Å². The summed E-state index contributed by atoms with van der Waals surface area (Å²) in [7, 11) is -3.37. The van der Waals surface area contributed by atoms with Gasteiger partial charge in [-0.05, 0) is 63.0 Å². The van der Waals surface area contributed by atoms with Gasteiger partial charge in [-0.1, -0.05) is 12.8 Å². The minimum absolute atomic E-state index is 0.00696. The number of ether oxygens (including phenoxy) is 1. The zero-order valence-electron chi connectivity index (χ0n) is 15.8. The third kappa shape index (κ3) is 6.41. The van der Waals surface area contributed by atoms with E-state index in [2.05, 4.69) is 9.62 Å². The van der Waals surface area contributed by atoms with Gasteiger partial charge in [-0.2, -0.15) is 17.4 Å². The Morgan fingerprint density at radius 3 is 2.26 bits per heavy atom. The van der Waals surface area contributed by atoms with E-state index in [4.69, 9.17) is 4.74 Å². The first-order valence-corrected chi connectivity index (χ1v) is 11.3. The Hall–Kier alpha value is -1.22. The number of likely N-dealkylation sites (tertiary alicyclic amines) is 1. The zero-order chi connectivity index (χ0) is 19.1. The summed E-state index contributed by atoms with van der Waals surface area (Å²) >= 11 is 0. The van der Waals surface area contributed by atoms with Crippen LogP contribution in [0.15, 0.2) is 24.3 Å². The molecule has 2 heterocycles. The van der Waals surface area contributed by atoms with Crippen molar-refractivity contribution in [3.05, 3.63) is 30.1 Å². The third-order valence-electron chi connectivity index (χ3n) is 5.30. The minimum atomic E-state index is -3.37. The van der Waals surface area contributed by atoms with Crippen molar-refractivity contribution in [2.75, 3.05) is 39.3 Å². The second-order valence-corrected chi connectivity index (χ2v) is 9.06. The van der Waals surface area contributed by atoms with Crippen molar-refractivity contribution < 1.29 is 17.5 Å². The molecule has 2 saturated heterocycles. The van der Waals surface area contributed by atoms with Gasteiger partial charge in [-0.25, -0.2) is 4.39 Å². The van der Waals surface area contributed by atoms with Gasteiger partial charge < -0.3 is 4.74 Å². The highest BCUT2D eigenvalue weighted by atomic mass is 32.2. The average molecular weight is 400 g/mol. The summed E-state index contributed by atoms with van der Waals surface area (Å²) in [6.07, 6.45) is 5.75. The smallest absolute Gasteiger partial charge is 0.279 e. The highest BCUT2D eigenvalue weighted by molar-refractivity contribution is 7.87. The zero-order valence-corrected chi connectivity index (χ0v) is 16.6. The molecule has 0 atom stereocenters. The molecule has 2 aliphatic rings. The maximum absolute atomic E-state index is 12.9. The molecule has 27 heavy (non-hydrogen) atoms. The van der Waals surface area contributed by atoms with E-state index in [0.717, 1.165) is 58.2 Å². The lowest BCUT2D eigenvalue weighted by Gasteiger charge is -2.33. The standard InChI is InChI=1S/C19H30FN3O3S/c20-17-5-7-19(8-6-17)26-16-15-22-13-9-18(10-14-22)21-27(24,25)23-11-3-1-2-4-12-23/h5-8,18,21H,1-4,9-16H2. The lowest BCUT2D eigenvalue weighted by molar-refractivity contribution is 0.170. The van der Waals surface area contributed by atoms with Gasteiger partial charge in [0.25, 0.3) is 10.2 Å². The molecule has 1 aromatic carbocycles. The number of rotatable bonds is 7. The van der Waals surface area contributed by atoms with E-state index < -0.39 is 10.2 Å². The number of piperidine rings is 1.